The Morgan fingerprint density at radius 3 is 2.01 bits per heavy atom. The van der Waals surface area contributed by atoms with Gasteiger partial charge in [-0.2, -0.15) is 0 Å². The topological polar surface area (TPSA) is 460 Å². The Morgan fingerprint density at radius 1 is 0.822 bits per heavy atom. The summed E-state index contributed by atoms with van der Waals surface area (Å²) in [4.78, 5) is 126. The van der Waals surface area contributed by atoms with Gasteiger partial charge in [-0.15, -0.1) is 0 Å². The summed E-state index contributed by atoms with van der Waals surface area (Å²) in [5.41, 5.74) is 34.8. The van der Waals surface area contributed by atoms with Crippen molar-refractivity contribution in [2.24, 2.45) is 94.7 Å². The molecule has 6 aliphatic heterocycles. The van der Waals surface area contributed by atoms with Crippen LogP contribution in [-0.2, 0) is 51.9 Å². The van der Waals surface area contributed by atoms with Crippen LogP contribution in [0.5, 0.6) is 0 Å². The number of primary amides is 6. The van der Waals surface area contributed by atoms with Gasteiger partial charge in [0, 0.05) is 131 Å². The Kier molecular flexibility index (Phi) is 20.0. The van der Waals surface area contributed by atoms with Gasteiger partial charge in [0.2, 0.25) is 41.4 Å². The first-order chi connectivity index (χ1) is 41.8. The number of imidazole rings is 1. The Bertz CT molecular complexity index is 3550. The number of nitrogens with two attached hydrogens (primary N) is 6. The van der Waals surface area contributed by atoms with E-state index in [4.69, 9.17) is 86.4 Å². The van der Waals surface area contributed by atoms with Gasteiger partial charge in [0.05, 0.1) is 51.7 Å². The van der Waals surface area contributed by atoms with Crippen LogP contribution in [0.2, 0.25) is 10.0 Å². The van der Waals surface area contributed by atoms with E-state index in [1.807, 2.05) is 61.5 Å². The van der Waals surface area contributed by atoms with Crippen molar-refractivity contribution in [1.29, 1.82) is 0 Å². The Balaban J connectivity index is 1.19. The van der Waals surface area contributed by atoms with Crippen LogP contribution in [0.15, 0.2) is 67.8 Å². The zero-order valence-electron chi connectivity index (χ0n) is 52.0. The monoisotopic (exact) mass is 1310 g/mol. The van der Waals surface area contributed by atoms with Crippen molar-refractivity contribution in [2.75, 3.05) is 13.2 Å². The van der Waals surface area contributed by atoms with Gasteiger partial charge in [-0.25, -0.2) is 9.55 Å². The Labute approximate surface area is 531 Å². The summed E-state index contributed by atoms with van der Waals surface area (Å²) in [6.07, 6.45) is -4.80. The summed E-state index contributed by atoms with van der Waals surface area (Å²) in [5, 5.41) is 28.5. The molecular weight excluding hydrogens is 1230 g/mol. The molecule has 0 saturated carbocycles. The van der Waals surface area contributed by atoms with Gasteiger partial charge in [-0.1, -0.05) is 57.8 Å². The first kappa shape index (κ1) is 69.5. The molecule has 90 heavy (non-hydrogen) atoms. The smallest absolute Gasteiger partial charge is 0.394 e. The number of ether oxygens (including phenoxy) is 1. The molecule has 1 aromatic carbocycles. The molecule has 0 aliphatic carbocycles. The van der Waals surface area contributed by atoms with Crippen LogP contribution in [0.1, 0.15) is 139 Å². The fourth-order valence-corrected chi connectivity index (χ4v) is 16.6. The number of hydrogen-bond donors (Lipinski definition) is 11. The first-order valence-electron chi connectivity index (χ1n) is 29.9. The van der Waals surface area contributed by atoms with Gasteiger partial charge in [-0.3, -0.25) is 57.6 Å². The molecule has 0 spiro atoms. The van der Waals surface area contributed by atoms with E-state index >= 15 is 0 Å². The number of halogens is 2. The molecule has 2 fully saturated rings. The van der Waals surface area contributed by atoms with Gasteiger partial charge < -0.3 is 69.4 Å². The highest BCUT2D eigenvalue weighted by molar-refractivity contribution is 7.47. The molecule has 7 amide bonds. The maximum absolute atomic E-state index is 14.4. The second-order valence-electron chi connectivity index (χ2n) is 26.4. The summed E-state index contributed by atoms with van der Waals surface area (Å²) < 4.78 is 31.9. The minimum absolute atomic E-state index is 0.0252. The number of fused-ring (bicyclic) bond motifs is 7. The number of hydrogen-bond acceptors (Lipinski definition) is 18. The number of aliphatic hydroxyl groups is 2. The van der Waals surface area contributed by atoms with Crippen LogP contribution in [-0.4, -0.2) is 132 Å². The van der Waals surface area contributed by atoms with Crippen LogP contribution in [0.4, 0.5) is 0 Å². The number of carbonyl (C=O) groups is 7. The van der Waals surface area contributed by atoms with E-state index in [0.29, 0.717) is 56.4 Å². The second kappa shape index (κ2) is 25.9. The Hall–Kier alpha value is -6.42. The second-order valence-corrected chi connectivity index (χ2v) is 28.6. The minimum Gasteiger partial charge on any atom is -0.394 e. The average molecular weight is 1310 g/mol. The molecule has 8 rings (SSSR count). The number of aliphatic hydroxyl groups excluding tert-OH is 2. The van der Waals surface area contributed by atoms with Crippen molar-refractivity contribution in [1.82, 2.24) is 20.2 Å². The normalized spacial score (nSPS) is 32.0. The van der Waals surface area contributed by atoms with Gasteiger partial charge in [0.1, 0.15) is 18.3 Å². The molecule has 2 saturated heterocycles. The number of aromatic nitrogens is 2. The van der Waals surface area contributed by atoms with Crippen LogP contribution in [0.3, 0.4) is 0 Å². The molecule has 2 aromatic rings. The highest BCUT2D eigenvalue weighted by atomic mass is 35.5. The predicted octanol–water partition coefficient (Wildman–Crippen LogP) is 3.85. The lowest BCUT2D eigenvalue weighted by molar-refractivity contribution is -0.124. The van der Waals surface area contributed by atoms with Crippen LogP contribution < -0.4 is 45.0 Å². The molecular formula is C60H84Cl2N13O14P. The maximum atomic E-state index is 14.4. The molecule has 8 bridgehead atoms. The third-order valence-electron chi connectivity index (χ3n) is 20.0. The number of rotatable bonds is 26. The van der Waals surface area contributed by atoms with Crippen molar-refractivity contribution < 1.29 is 67.0 Å². The van der Waals surface area contributed by atoms with Crippen molar-refractivity contribution in [2.45, 2.75) is 175 Å². The molecule has 15 unspecified atom stereocenters. The lowest BCUT2D eigenvalue weighted by Gasteiger charge is -2.48. The van der Waals surface area contributed by atoms with Crippen molar-refractivity contribution in [3.05, 3.63) is 62.8 Å². The summed E-state index contributed by atoms with van der Waals surface area (Å²) in [6, 6.07) is 1.95. The molecule has 492 valence electrons. The van der Waals surface area contributed by atoms with E-state index in [-0.39, 0.29) is 87.2 Å². The molecule has 1 aromatic heterocycles. The molecule has 17 N–H and O–H groups in total. The number of phosphoric ester groups is 1. The van der Waals surface area contributed by atoms with E-state index in [1.54, 1.807) is 0 Å². The summed E-state index contributed by atoms with van der Waals surface area (Å²) in [7, 11) is -5.11. The fourth-order valence-electron chi connectivity index (χ4n) is 15.2. The van der Waals surface area contributed by atoms with E-state index in [9.17, 15) is 53.2 Å². The predicted molar refractivity (Wildman–Crippen MR) is 334 cm³/mol. The SMILES string of the molecule is CC1=C2N=C(C=C3NC(=C(C)C4=NC(C)(C5N=C1C(C)(CCC(=O)NCC(C)OP(=O)(O)OC1C(CO)OC(n6cnc7cc(Cl)c(Cl)cc76)C1O)C5CC(N)=O)C(C)(CC(N)=O)C4CCC(N)=O)C(C)(CC(N)=O)C3CCC(N)=O)C(C)(C)C2CCC(N)=O. The van der Waals surface area contributed by atoms with E-state index < -0.39 is 143 Å². The lowest BCUT2D eigenvalue weighted by Crippen LogP contribution is -2.56. The largest absolute Gasteiger partial charge is 0.472 e. The third kappa shape index (κ3) is 13.2. The number of phosphoric acid groups is 1. The number of carbonyl (C=O) groups excluding carboxylic acids is 7. The molecule has 27 nitrogen and oxygen atoms in total. The number of aliphatic imine (C=N–C) groups is 3. The molecule has 6 aliphatic rings. The van der Waals surface area contributed by atoms with Crippen molar-refractivity contribution in [3.63, 3.8) is 0 Å². The zero-order chi connectivity index (χ0) is 66.7. The lowest BCUT2D eigenvalue weighted by atomic mass is 9.55. The molecule has 0 radical (unpaired) electrons. The molecule has 30 heteroatoms. The van der Waals surface area contributed by atoms with Crippen LogP contribution in [0.25, 0.3) is 11.0 Å². The summed E-state index contributed by atoms with van der Waals surface area (Å²) >= 11 is 12.4. The number of allylic oxidation sites excluding steroid dienone is 6. The van der Waals surface area contributed by atoms with Gasteiger partial charge in [0.15, 0.2) is 6.23 Å². The van der Waals surface area contributed by atoms with E-state index in [2.05, 4.69) is 15.6 Å². The minimum atomic E-state index is -5.11. The van der Waals surface area contributed by atoms with Gasteiger partial charge in [-0.05, 0) is 82.7 Å². The third-order valence-corrected chi connectivity index (χ3v) is 21.9. The maximum Gasteiger partial charge on any atom is 0.472 e. The van der Waals surface area contributed by atoms with Crippen molar-refractivity contribution >= 4 is 101 Å². The molecule has 7 heterocycles. The first-order valence-corrected chi connectivity index (χ1v) is 32.2. The standard InChI is InChI=1S/C60H84Cl2N13O14P/c1-27(88-90(85,86)89-51-39(25-76)87-55(50(51)84)75-26-70-37-19-34(61)35(62)20-38(37)75)24-69-47(83)16-17-57(6)33(18-44(66)80)54-60(9)59(8,23-46(68)82)32(12-15-43(65)79)49(74-60)29(3)53-58(7,22-45(67)81)30(10-13-41(63)77)36(71-53)21-40-56(4,5)31(11-14-42(64)78)48(72-40)28(2)52(57)73-54/h19-21,26-27,30-33,39,50-51,54-55,71,76,84H,10-18,22-25H2,1-9H3,(H2,63,77)(H2,64,78)(H2,65,79)(H2,66,80)(H2,67,81)(H2,68,82)(H,69,83)(H,85,86). The summed E-state index contributed by atoms with van der Waals surface area (Å²) in [6.45, 7) is 15.3. The van der Waals surface area contributed by atoms with Gasteiger partial charge in [0.25, 0.3) is 0 Å². The Morgan fingerprint density at radius 2 is 1.42 bits per heavy atom. The van der Waals surface area contributed by atoms with E-state index in [1.165, 1.54) is 30.0 Å². The van der Waals surface area contributed by atoms with Crippen LogP contribution in [0, 0.1) is 45.3 Å². The quantitative estimate of drug-likeness (QED) is 0.0596. The highest BCUT2D eigenvalue weighted by Gasteiger charge is 2.66. The fraction of sp³-hybridized carbons (Fsp3) is 0.617. The number of nitrogens with one attached hydrogen (secondary N) is 2. The average Bonchev–Trinajstić information content (AvgIpc) is 1.53. The number of nitrogens with zero attached hydrogens (tertiary/aromatic N) is 5. The zero-order valence-corrected chi connectivity index (χ0v) is 54.4. The number of amides is 7. The summed E-state index contributed by atoms with van der Waals surface area (Å²) in [5.74, 6) is -7.27. The van der Waals surface area contributed by atoms with Crippen LogP contribution >= 0.6 is 31.0 Å². The highest BCUT2D eigenvalue weighted by Crippen LogP contribution is 2.63. The molecule has 15 atom stereocenters. The van der Waals surface area contributed by atoms with Gasteiger partial charge >= 0.3 is 7.82 Å². The van der Waals surface area contributed by atoms with Crippen molar-refractivity contribution in [3.8, 4) is 0 Å². The number of benzene rings is 1. The van der Waals surface area contributed by atoms with E-state index in [0.717, 1.165) is 0 Å².